The smallest absolute Gasteiger partial charge is 0.408 e. The van der Waals surface area contributed by atoms with Gasteiger partial charge in [0.2, 0.25) is 11.8 Å². The van der Waals surface area contributed by atoms with Gasteiger partial charge in [0.15, 0.2) is 0 Å². The van der Waals surface area contributed by atoms with Crippen molar-refractivity contribution in [1.82, 2.24) is 15.5 Å². The molecule has 3 amide bonds. The van der Waals surface area contributed by atoms with Crippen LogP contribution < -0.4 is 10.6 Å². The zero-order chi connectivity index (χ0) is 31.4. The lowest BCUT2D eigenvalue weighted by Crippen LogP contribution is -2.56. The quantitative estimate of drug-likeness (QED) is 0.318. The van der Waals surface area contributed by atoms with Crippen LogP contribution in [0.2, 0.25) is 0 Å². The number of nitrogens with zero attached hydrogens (tertiary/aromatic N) is 1. The Kier molecular flexibility index (Phi) is 13.0. The molecule has 2 aromatic carbocycles. The number of hydrogen-bond donors (Lipinski definition) is 2. The minimum Gasteiger partial charge on any atom is -0.468 e. The maximum absolute atomic E-state index is 14.6. The summed E-state index contributed by atoms with van der Waals surface area (Å²) >= 11 is 0. The van der Waals surface area contributed by atoms with E-state index in [1.807, 2.05) is 56.3 Å². The Bertz CT molecular complexity index is 1170. The number of hydrogen-bond acceptors (Lipinski definition) is 6. The van der Waals surface area contributed by atoms with Crippen molar-refractivity contribution in [2.75, 3.05) is 13.7 Å². The molecule has 0 bridgehead atoms. The Hall–Kier alpha value is -3.88. The maximum atomic E-state index is 14.6. The molecule has 9 heteroatoms. The topological polar surface area (TPSA) is 114 Å². The lowest BCUT2D eigenvalue weighted by molar-refractivity contribution is -0.146. The number of amides is 3. The molecule has 0 spiro atoms. The van der Waals surface area contributed by atoms with Crippen LogP contribution in [-0.2, 0) is 30.3 Å². The normalized spacial score (nSPS) is 13.5. The molecule has 0 heterocycles. The van der Waals surface area contributed by atoms with Crippen molar-refractivity contribution >= 4 is 23.9 Å². The second-order valence-electron chi connectivity index (χ2n) is 12.1. The summed E-state index contributed by atoms with van der Waals surface area (Å²) in [5, 5.41) is 5.42. The highest BCUT2D eigenvalue weighted by Crippen LogP contribution is 2.28. The average Bonchev–Trinajstić information content (AvgIpc) is 2.92. The first-order chi connectivity index (χ1) is 19.7. The second kappa shape index (κ2) is 15.9. The van der Waals surface area contributed by atoms with Gasteiger partial charge in [-0.15, -0.1) is 0 Å². The van der Waals surface area contributed by atoms with Crippen LogP contribution in [0.4, 0.5) is 4.79 Å². The molecule has 0 aliphatic heterocycles. The molecule has 0 radical (unpaired) electrons. The summed E-state index contributed by atoms with van der Waals surface area (Å²) < 4.78 is 10.2. The summed E-state index contributed by atoms with van der Waals surface area (Å²) in [6, 6.07) is 14.2. The van der Waals surface area contributed by atoms with Gasteiger partial charge in [0.05, 0.1) is 7.11 Å². The molecule has 0 aliphatic rings. The van der Waals surface area contributed by atoms with Crippen LogP contribution in [0, 0.1) is 12.8 Å². The van der Waals surface area contributed by atoms with Crippen molar-refractivity contribution in [3.05, 3.63) is 71.3 Å². The number of methoxy groups -OCH3 is 1. The van der Waals surface area contributed by atoms with Crippen LogP contribution >= 0.6 is 0 Å². The molecule has 2 aromatic rings. The van der Waals surface area contributed by atoms with Crippen LogP contribution in [-0.4, -0.2) is 60.1 Å². The Morgan fingerprint density at radius 1 is 0.905 bits per heavy atom. The van der Waals surface area contributed by atoms with Gasteiger partial charge in [-0.1, -0.05) is 74.0 Å². The fourth-order valence-corrected chi connectivity index (χ4v) is 4.51. The van der Waals surface area contributed by atoms with Crippen molar-refractivity contribution in [1.29, 1.82) is 0 Å². The van der Waals surface area contributed by atoms with Gasteiger partial charge in [-0.25, -0.2) is 4.79 Å². The highest BCUT2D eigenvalue weighted by atomic mass is 16.6. The second-order valence-corrected chi connectivity index (χ2v) is 12.1. The summed E-state index contributed by atoms with van der Waals surface area (Å²) in [5.74, 6) is -1.19. The van der Waals surface area contributed by atoms with E-state index < -0.39 is 41.6 Å². The molecule has 9 nitrogen and oxygen atoms in total. The van der Waals surface area contributed by atoms with Crippen LogP contribution in [0.25, 0.3) is 0 Å². The van der Waals surface area contributed by atoms with Crippen LogP contribution in [0.1, 0.15) is 77.1 Å². The van der Waals surface area contributed by atoms with Gasteiger partial charge in [-0.05, 0) is 64.5 Å². The first-order valence-electron chi connectivity index (χ1n) is 14.5. The molecule has 3 unspecified atom stereocenters. The van der Waals surface area contributed by atoms with Gasteiger partial charge < -0.3 is 25.0 Å². The molecule has 0 aromatic heterocycles. The first kappa shape index (κ1) is 34.3. The fourth-order valence-electron chi connectivity index (χ4n) is 4.51. The largest absolute Gasteiger partial charge is 0.468 e. The van der Waals surface area contributed by atoms with Gasteiger partial charge in [0.25, 0.3) is 0 Å². The van der Waals surface area contributed by atoms with Gasteiger partial charge in [0, 0.05) is 12.5 Å². The van der Waals surface area contributed by atoms with Gasteiger partial charge >= 0.3 is 12.1 Å². The maximum Gasteiger partial charge on any atom is 0.408 e. The number of rotatable bonds is 13. The van der Waals surface area contributed by atoms with Crippen molar-refractivity contribution in [2.24, 2.45) is 5.92 Å². The van der Waals surface area contributed by atoms with E-state index >= 15 is 0 Å². The van der Waals surface area contributed by atoms with E-state index in [1.165, 1.54) is 7.11 Å². The van der Waals surface area contributed by atoms with Crippen molar-refractivity contribution in [2.45, 2.75) is 91.5 Å². The minimum atomic E-state index is -1.07. The molecule has 42 heavy (non-hydrogen) atoms. The Labute approximate surface area is 250 Å². The molecule has 3 atom stereocenters. The molecule has 0 saturated carbocycles. The highest BCUT2D eigenvalue weighted by Gasteiger charge is 2.39. The summed E-state index contributed by atoms with van der Waals surface area (Å²) in [5.41, 5.74) is 1.64. The number of esters is 1. The van der Waals surface area contributed by atoms with Crippen molar-refractivity contribution in [3.8, 4) is 0 Å². The standard InChI is InChI=1S/C33H47N3O6/c1-22(2)14-17-24(4)36(29(26-18-15-23(3)16-19-26)30(38)34-21-28(37)41-8)31(39)27(20-25-12-10-9-11-13-25)35-32(40)42-33(5,6)7/h9-13,15-16,18-19,22,24,27,29H,14,17,20-21H2,1-8H3,(H,34,38)(H,35,40). The third-order valence-electron chi connectivity index (χ3n) is 6.72. The molecule has 0 aliphatic carbocycles. The molecule has 0 saturated heterocycles. The number of carbonyl (C=O) groups is 4. The number of ether oxygens (including phenoxy) is 2. The number of nitrogens with one attached hydrogen (secondary N) is 2. The van der Waals surface area contributed by atoms with E-state index in [-0.39, 0.29) is 19.0 Å². The number of aryl methyl sites for hydroxylation is 1. The van der Waals surface area contributed by atoms with Crippen LogP contribution in [0.5, 0.6) is 0 Å². The van der Waals surface area contributed by atoms with E-state index in [4.69, 9.17) is 9.47 Å². The Balaban J connectivity index is 2.62. The molecular formula is C33H47N3O6. The molecule has 2 rings (SSSR count). The molecule has 0 fully saturated rings. The van der Waals surface area contributed by atoms with Gasteiger partial charge in [-0.2, -0.15) is 0 Å². The lowest BCUT2D eigenvalue weighted by atomic mass is 9.95. The summed E-state index contributed by atoms with van der Waals surface area (Å²) in [7, 11) is 1.24. The van der Waals surface area contributed by atoms with E-state index in [0.29, 0.717) is 17.9 Å². The van der Waals surface area contributed by atoms with E-state index in [2.05, 4.69) is 24.5 Å². The number of benzene rings is 2. The summed E-state index contributed by atoms with van der Waals surface area (Å²) in [6.07, 6.45) is 0.906. The molecular weight excluding hydrogens is 534 g/mol. The number of carbonyl (C=O) groups excluding carboxylic acids is 4. The third kappa shape index (κ3) is 11.2. The molecule has 230 valence electrons. The summed E-state index contributed by atoms with van der Waals surface area (Å²) in [6.45, 7) is 12.9. The zero-order valence-electron chi connectivity index (χ0n) is 26.2. The van der Waals surface area contributed by atoms with E-state index in [1.54, 1.807) is 37.8 Å². The lowest BCUT2D eigenvalue weighted by Gasteiger charge is -2.39. The zero-order valence-corrected chi connectivity index (χ0v) is 26.2. The SMILES string of the molecule is COC(=O)CNC(=O)C(c1ccc(C)cc1)N(C(=O)C(Cc1ccccc1)NC(=O)OC(C)(C)C)C(C)CCC(C)C. The predicted octanol–water partition coefficient (Wildman–Crippen LogP) is 5.11. The van der Waals surface area contributed by atoms with E-state index in [0.717, 1.165) is 17.5 Å². The average molecular weight is 582 g/mol. The van der Waals surface area contributed by atoms with Crippen molar-refractivity contribution < 1.29 is 28.7 Å². The fraction of sp³-hybridized carbons (Fsp3) is 0.515. The number of alkyl carbamates (subject to hydrolysis) is 1. The first-order valence-corrected chi connectivity index (χ1v) is 14.5. The summed E-state index contributed by atoms with van der Waals surface area (Å²) in [4.78, 5) is 54.8. The molecule has 2 N–H and O–H groups in total. The Morgan fingerprint density at radius 2 is 1.52 bits per heavy atom. The highest BCUT2D eigenvalue weighted by molar-refractivity contribution is 5.93. The Morgan fingerprint density at radius 3 is 2.07 bits per heavy atom. The monoisotopic (exact) mass is 581 g/mol. The predicted molar refractivity (Wildman–Crippen MR) is 163 cm³/mol. The van der Waals surface area contributed by atoms with Crippen molar-refractivity contribution in [3.63, 3.8) is 0 Å². The van der Waals surface area contributed by atoms with Crippen LogP contribution in [0.15, 0.2) is 54.6 Å². The van der Waals surface area contributed by atoms with Gasteiger partial charge in [-0.3, -0.25) is 14.4 Å². The van der Waals surface area contributed by atoms with E-state index in [9.17, 15) is 19.2 Å². The third-order valence-corrected chi connectivity index (χ3v) is 6.72. The van der Waals surface area contributed by atoms with Gasteiger partial charge in [0.1, 0.15) is 24.2 Å². The van der Waals surface area contributed by atoms with Crippen LogP contribution in [0.3, 0.4) is 0 Å². The minimum absolute atomic E-state index is 0.191.